The first kappa shape index (κ1) is 18.3. The third-order valence-electron chi connectivity index (χ3n) is 3.22. The Morgan fingerprint density at radius 2 is 1.92 bits per heavy atom. The number of hydrogen-bond donors (Lipinski definition) is 0. The monoisotopic (exact) mass is 383 g/mol. The topological polar surface area (TPSA) is 66.2 Å². The quantitative estimate of drug-likeness (QED) is 0.556. The zero-order valence-corrected chi connectivity index (χ0v) is 14.9. The van der Waals surface area contributed by atoms with E-state index in [2.05, 4.69) is 9.72 Å². The van der Waals surface area contributed by atoms with Gasteiger partial charge in [-0.25, -0.2) is 4.98 Å². The molecule has 5 nitrogen and oxygen atoms in total. The summed E-state index contributed by atoms with van der Waals surface area (Å²) in [5.41, 5.74) is 0.751. The number of carbonyl (C=O) groups excluding carboxylic acids is 1. The van der Waals surface area contributed by atoms with Crippen LogP contribution in [0.2, 0.25) is 15.2 Å². The third-order valence-corrected chi connectivity index (χ3v) is 4.33. The number of anilines is 2. The van der Waals surface area contributed by atoms with E-state index in [1.165, 1.54) is 7.11 Å². The normalized spacial score (nSPS) is 10.1. The van der Waals surface area contributed by atoms with E-state index in [-0.39, 0.29) is 45.5 Å². The second kappa shape index (κ2) is 8.20. The van der Waals surface area contributed by atoms with Crippen molar-refractivity contribution in [1.82, 2.24) is 4.98 Å². The van der Waals surface area contributed by atoms with E-state index < -0.39 is 0 Å². The average Bonchev–Trinajstić information content (AvgIpc) is 2.60. The Morgan fingerprint density at radius 3 is 2.50 bits per heavy atom. The second-order valence-electron chi connectivity index (χ2n) is 4.65. The second-order valence-corrected chi connectivity index (χ2v) is 5.77. The zero-order valence-electron chi connectivity index (χ0n) is 12.6. The molecule has 1 aromatic heterocycles. The molecule has 1 aromatic carbocycles. The van der Waals surface area contributed by atoms with Gasteiger partial charge in [-0.2, -0.15) is 5.26 Å². The maximum atomic E-state index is 11.5. The minimum Gasteiger partial charge on any atom is -0.469 e. The number of carbonyl (C=O) groups is 1. The number of rotatable bonds is 5. The smallest absolute Gasteiger partial charge is 0.307 e. The number of para-hydroxylation sites is 1. The molecule has 0 unspecified atom stereocenters. The molecule has 24 heavy (non-hydrogen) atoms. The van der Waals surface area contributed by atoms with Crippen LogP contribution in [0.25, 0.3) is 0 Å². The Morgan fingerprint density at radius 1 is 1.25 bits per heavy atom. The average molecular weight is 385 g/mol. The molecule has 8 heteroatoms. The summed E-state index contributed by atoms with van der Waals surface area (Å²) in [6.45, 7) is 0.252. The molecular weight excluding hydrogens is 373 g/mol. The predicted octanol–water partition coefficient (Wildman–Crippen LogP) is 4.61. The molecule has 0 saturated heterocycles. The Kier molecular flexibility index (Phi) is 6.27. The lowest BCUT2D eigenvalue weighted by molar-refractivity contribution is -0.140. The molecule has 0 N–H and O–H groups in total. The molecule has 2 aromatic rings. The van der Waals surface area contributed by atoms with E-state index in [1.54, 1.807) is 4.90 Å². The minimum atomic E-state index is -0.377. The number of hydrogen-bond acceptors (Lipinski definition) is 5. The summed E-state index contributed by atoms with van der Waals surface area (Å²) in [6, 6.07) is 11.0. The molecule has 0 aliphatic heterocycles. The van der Waals surface area contributed by atoms with E-state index in [0.29, 0.717) is 0 Å². The number of benzene rings is 1. The summed E-state index contributed by atoms with van der Waals surface area (Å²) in [4.78, 5) is 17.4. The number of nitrogens with zero attached hydrogens (tertiary/aromatic N) is 3. The third kappa shape index (κ3) is 3.90. The number of methoxy groups -OCH3 is 1. The van der Waals surface area contributed by atoms with Crippen molar-refractivity contribution in [3.8, 4) is 6.07 Å². The molecular formula is C16H12Cl3N3O2. The molecule has 0 aliphatic carbocycles. The fraction of sp³-hybridized carbons (Fsp3) is 0.188. The lowest BCUT2D eigenvalue weighted by Gasteiger charge is -2.25. The van der Waals surface area contributed by atoms with Crippen LogP contribution >= 0.6 is 34.8 Å². The SMILES string of the molecule is COC(=O)CCN(c1ccccc1)c1nc(Cl)c(C#N)c(Cl)c1Cl. The predicted molar refractivity (Wildman–Crippen MR) is 94.1 cm³/mol. The lowest BCUT2D eigenvalue weighted by atomic mass is 10.2. The molecule has 0 aliphatic rings. The number of aromatic nitrogens is 1. The largest absolute Gasteiger partial charge is 0.469 e. The fourth-order valence-electron chi connectivity index (χ4n) is 2.04. The highest BCUT2D eigenvalue weighted by molar-refractivity contribution is 6.45. The van der Waals surface area contributed by atoms with Gasteiger partial charge in [0.1, 0.15) is 16.7 Å². The molecule has 0 saturated carbocycles. The number of pyridine rings is 1. The molecule has 124 valence electrons. The molecule has 0 atom stereocenters. The molecule has 0 spiro atoms. The highest BCUT2D eigenvalue weighted by Gasteiger charge is 2.22. The van der Waals surface area contributed by atoms with Crippen LogP contribution < -0.4 is 4.90 Å². The van der Waals surface area contributed by atoms with E-state index in [9.17, 15) is 4.79 Å². The summed E-state index contributed by atoms with van der Waals surface area (Å²) in [5.74, 6) is -0.112. The van der Waals surface area contributed by atoms with Crippen LogP contribution in [0, 0.1) is 11.3 Å². The van der Waals surface area contributed by atoms with Crippen molar-refractivity contribution in [3.63, 3.8) is 0 Å². The van der Waals surface area contributed by atoms with Crippen LogP contribution in [0.15, 0.2) is 30.3 Å². The standard InChI is InChI=1S/C16H12Cl3N3O2/c1-24-12(23)7-8-22(10-5-3-2-4-6-10)16-14(18)13(17)11(9-20)15(19)21-16/h2-6H,7-8H2,1H3. The van der Waals surface area contributed by atoms with Crippen LogP contribution in [-0.4, -0.2) is 24.6 Å². The van der Waals surface area contributed by atoms with E-state index in [1.807, 2.05) is 36.4 Å². The molecule has 1 heterocycles. The number of ether oxygens (including phenoxy) is 1. The molecule has 0 amide bonds. The van der Waals surface area contributed by atoms with Crippen LogP contribution in [-0.2, 0) is 9.53 Å². The van der Waals surface area contributed by atoms with Gasteiger partial charge in [-0.05, 0) is 12.1 Å². The van der Waals surface area contributed by atoms with Gasteiger partial charge in [-0.15, -0.1) is 0 Å². The number of halogens is 3. The Labute approximate surface area is 154 Å². The Bertz CT molecular complexity index is 791. The molecule has 0 fully saturated rings. The van der Waals surface area contributed by atoms with Crippen LogP contribution in [0.4, 0.5) is 11.5 Å². The van der Waals surface area contributed by atoms with Gasteiger partial charge in [0.25, 0.3) is 0 Å². The first-order valence-corrected chi connectivity index (χ1v) is 7.97. The van der Waals surface area contributed by atoms with Gasteiger partial charge in [0.05, 0.1) is 18.6 Å². The first-order valence-electron chi connectivity index (χ1n) is 6.83. The van der Waals surface area contributed by atoms with E-state index >= 15 is 0 Å². The van der Waals surface area contributed by atoms with Gasteiger partial charge in [-0.3, -0.25) is 4.79 Å². The summed E-state index contributed by atoms with van der Waals surface area (Å²) in [7, 11) is 1.32. The van der Waals surface area contributed by atoms with Gasteiger partial charge in [-0.1, -0.05) is 53.0 Å². The van der Waals surface area contributed by atoms with Crippen molar-refractivity contribution < 1.29 is 9.53 Å². The summed E-state index contributed by atoms with van der Waals surface area (Å²) >= 11 is 18.4. The van der Waals surface area contributed by atoms with Crippen LogP contribution in [0.5, 0.6) is 0 Å². The first-order chi connectivity index (χ1) is 11.5. The highest BCUT2D eigenvalue weighted by Crippen LogP contribution is 2.39. The molecule has 2 rings (SSSR count). The maximum absolute atomic E-state index is 11.5. The van der Waals surface area contributed by atoms with Crippen molar-refractivity contribution >= 4 is 52.3 Å². The van der Waals surface area contributed by atoms with Crippen molar-refractivity contribution in [2.45, 2.75) is 6.42 Å². The van der Waals surface area contributed by atoms with Crippen molar-refractivity contribution in [2.24, 2.45) is 0 Å². The maximum Gasteiger partial charge on any atom is 0.307 e. The Hall–Kier alpha value is -2.00. The van der Waals surface area contributed by atoms with Gasteiger partial charge in [0.15, 0.2) is 11.0 Å². The van der Waals surface area contributed by atoms with Crippen LogP contribution in [0.3, 0.4) is 0 Å². The fourth-order valence-corrected chi connectivity index (χ4v) is 2.76. The summed E-state index contributed by atoms with van der Waals surface area (Å²) in [6.07, 6.45) is 0.110. The van der Waals surface area contributed by atoms with E-state index in [4.69, 9.17) is 40.1 Å². The number of nitriles is 1. The van der Waals surface area contributed by atoms with Gasteiger partial charge < -0.3 is 9.64 Å². The zero-order chi connectivity index (χ0) is 17.7. The molecule has 0 bridgehead atoms. The van der Waals surface area contributed by atoms with Gasteiger partial charge >= 0.3 is 5.97 Å². The molecule has 0 radical (unpaired) electrons. The van der Waals surface area contributed by atoms with Gasteiger partial charge in [0.2, 0.25) is 0 Å². The van der Waals surface area contributed by atoms with E-state index in [0.717, 1.165) is 5.69 Å². The Balaban J connectivity index is 2.52. The summed E-state index contributed by atoms with van der Waals surface area (Å²) in [5, 5.41) is 9.14. The number of esters is 1. The highest BCUT2D eigenvalue weighted by atomic mass is 35.5. The minimum absolute atomic E-state index is 0.00747. The van der Waals surface area contributed by atoms with Crippen molar-refractivity contribution in [1.29, 1.82) is 5.26 Å². The lowest BCUT2D eigenvalue weighted by Crippen LogP contribution is -2.23. The summed E-state index contributed by atoms with van der Waals surface area (Å²) < 4.78 is 4.67. The van der Waals surface area contributed by atoms with Crippen LogP contribution in [0.1, 0.15) is 12.0 Å². The van der Waals surface area contributed by atoms with Crippen molar-refractivity contribution in [2.75, 3.05) is 18.6 Å². The van der Waals surface area contributed by atoms with Crippen molar-refractivity contribution in [3.05, 3.63) is 51.1 Å². The van der Waals surface area contributed by atoms with Gasteiger partial charge in [0, 0.05) is 12.2 Å².